The van der Waals surface area contributed by atoms with Crippen LogP contribution < -0.4 is 0 Å². The molecule has 7 nitrogen and oxygen atoms in total. The average Bonchev–Trinajstić information content (AvgIpc) is 2.60. The van der Waals surface area contributed by atoms with Gasteiger partial charge < -0.3 is 10.2 Å². The number of carboxylic acid groups (broad SMARTS) is 2. The highest BCUT2D eigenvalue weighted by molar-refractivity contribution is 5.69. The van der Waals surface area contributed by atoms with Crippen molar-refractivity contribution in [3.05, 3.63) is 66.0 Å². The Kier molecular flexibility index (Phi) is 7.73. The predicted octanol–water partition coefficient (Wildman–Crippen LogP) is 1.56. The topological polar surface area (TPSA) is 94.0 Å². The van der Waals surface area contributed by atoms with Gasteiger partial charge in [-0.2, -0.15) is 0 Å². The number of hydrogen-bond donors (Lipinski definition) is 2. The van der Waals surface area contributed by atoms with Gasteiger partial charge >= 0.3 is 11.9 Å². The smallest absolute Gasteiger partial charge is 0.317 e. The lowest BCUT2D eigenvalue weighted by Crippen LogP contribution is -2.39. The van der Waals surface area contributed by atoms with Gasteiger partial charge in [0.15, 0.2) is 0 Å². The summed E-state index contributed by atoms with van der Waals surface area (Å²) in [6, 6.07) is 13.3. The number of nitrogens with zero attached hydrogens (tertiary/aromatic N) is 3. The van der Waals surface area contributed by atoms with Crippen LogP contribution in [0.15, 0.2) is 54.9 Å². The standard InChI is InChI=1S/C19H23N3O4/c23-18(24)14-21(12-16-5-2-1-3-6-16)9-10-22(15-19(25)26)13-17-7-4-8-20-11-17/h1-8,11H,9-10,12-15H2,(H,23,24)(H,25,26). The van der Waals surface area contributed by atoms with Crippen LogP contribution in [0.3, 0.4) is 0 Å². The molecule has 0 saturated carbocycles. The molecular formula is C19H23N3O4. The predicted molar refractivity (Wildman–Crippen MR) is 96.5 cm³/mol. The van der Waals surface area contributed by atoms with E-state index in [4.69, 9.17) is 10.2 Å². The highest BCUT2D eigenvalue weighted by Crippen LogP contribution is 2.07. The number of carboxylic acids is 2. The first kappa shape index (κ1) is 19.6. The van der Waals surface area contributed by atoms with Crippen molar-refractivity contribution in [3.63, 3.8) is 0 Å². The zero-order valence-corrected chi connectivity index (χ0v) is 14.5. The highest BCUT2D eigenvalue weighted by atomic mass is 16.4. The Morgan fingerprint density at radius 2 is 1.35 bits per heavy atom. The summed E-state index contributed by atoms with van der Waals surface area (Å²) in [4.78, 5) is 29.9. The highest BCUT2D eigenvalue weighted by Gasteiger charge is 2.15. The minimum atomic E-state index is -0.915. The molecule has 0 aliphatic carbocycles. The monoisotopic (exact) mass is 357 g/mol. The number of pyridine rings is 1. The lowest BCUT2D eigenvalue weighted by Gasteiger charge is -2.26. The second-order valence-electron chi connectivity index (χ2n) is 6.06. The maximum absolute atomic E-state index is 11.2. The minimum Gasteiger partial charge on any atom is -0.480 e. The summed E-state index contributed by atoms with van der Waals surface area (Å²) in [7, 11) is 0. The fraction of sp³-hybridized carbons (Fsp3) is 0.316. The number of benzene rings is 1. The van der Waals surface area contributed by atoms with Crippen LogP contribution in [-0.2, 0) is 22.7 Å². The summed E-state index contributed by atoms with van der Waals surface area (Å²) >= 11 is 0. The third-order valence-corrected chi connectivity index (χ3v) is 3.83. The molecule has 2 aromatic rings. The number of aromatic nitrogens is 1. The third-order valence-electron chi connectivity index (χ3n) is 3.83. The van der Waals surface area contributed by atoms with Crippen LogP contribution in [-0.4, -0.2) is 63.1 Å². The number of hydrogen-bond acceptors (Lipinski definition) is 5. The van der Waals surface area contributed by atoms with Crippen LogP contribution in [0, 0.1) is 0 Å². The summed E-state index contributed by atoms with van der Waals surface area (Å²) in [6.07, 6.45) is 3.37. The van der Waals surface area contributed by atoms with Crippen molar-refractivity contribution in [2.45, 2.75) is 13.1 Å². The van der Waals surface area contributed by atoms with E-state index < -0.39 is 11.9 Å². The van der Waals surface area contributed by atoms with Crippen LogP contribution in [0.5, 0.6) is 0 Å². The minimum absolute atomic E-state index is 0.0945. The van der Waals surface area contributed by atoms with E-state index >= 15 is 0 Å². The lowest BCUT2D eigenvalue weighted by molar-refractivity contribution is -0.140. The summed E-state index contributed by atoms with van der Waals surface area (Å²) in [5, 5.41) is 18.3. The van der Waals surface area contributed by atoms with Crippen LogP contribution in [0.4, 0.5) is 0 Å². The van der Waals surface area contributed by atoms with E-state index in [9.17, 15) is 9.59 Å². The van der Waals surface area contributed by atoms with E-state index in [0.29, 0.717) is 26.2 Å². The molecule has 7 heteroatoms. The molecule has 0 atom stereocenters. The Morgan fingerprint density at radius 3 is 1.85 bits per heavy atom. The van der Waals surface area contributed by atoms with Crippen molar-refractivity contribution in [1.29, 1.82) is 0 Å². The Labute approximate surface area is 152 Å². The van der Waals surface area contributed by atoms with Crippen LogP contribution >= 0.6 is 0 Å². The Bertz CT molecular complexity index is 633. The maximum atomic E-state index is 11.2. The first-order valence-corrected chi connectivity index (χ1v) is 8.34. The Balaban J connectivity index is 1.99. The molecular weight excluding hydrogens is 334 g/mol. The SMILES string of the molecule is O=C(O)CN(CCN(CC(=O)O)Cc1cccnc1)Cc1ccccc1. The largest absolute Gasteiger partial charge is 0.480 e. The zero-order valence-electron chi connectivity index (χ0n) is 14.5. The van der Waals surface area contributed by atoms with Crippen LogP contribution in [0.25, 0.3) is 0 Å². The number of carbonyl (C=O) groups is 2. The molecule has 0 aliphatic heterocycles. The number of aliphatic carboxylic acids is 2. The lowest BCUT2D eigenvalue weighted by atomic mass is 10.2. The quantitative estimate of drug-likeness (QED) is 0.630. The summed E-state index contributed by atoms with van der Waals surface area (Å²) < 4.78 is 0. The molecule has 2 N–H and O–H groups in total. The fourth-order valence-electron chi connectivity index (χ4n) is 2.68. The van der Waals surface area contributed by atoms with Crippen molar-refractivity contribution in [3.8, 4) is 0 Å². The van der Waals surface area contributed by atoms with E-state index in [-0.39, 0.29) is 13.1 Å². The molecule has 0 unspecified atom stereocenters. The summed E-state index contributed by atoms with van der Waals surface area (Å²) in [6.45, 7) is 1.65. The van der Waals surface area contributed by atoms with Gasteiger partial charge in [-0.15, -0.1) is 0 Å². The van der Waals surface area contributed by atoms with Crippen molar-refractivity contribution < 1.29 is 19.8 Å². The molecule has 0 saturated heterocycles. The molecule has 0 bridgehead atoms. The molecule has 1 heterocycles. The molecule has 0 amide bonds. The fourth-order valence-corrected chi connectivity index (χ4v) is 2.68. The van der Waals surface area contributed by atoms with Gasteiger partial charge in [0.25, 0.3) is 0 Å². The van der Waals surface area contributed by atoms with E-state index in [1.807, 2.05) is 36.4 Å². The van der Waals surface area contributed by atoms with Crippen molar-refractivity contribution in [2.75, 3.05) is 26.2 Å². The molecule has 1 aromatic heterocycles. The van der Waals surface area contributed by atoms with Gasteiger partial charge in [-0.1, -0.05) is 36.4 Å². The zero-order chi connectivity index (χ0) is 18.8. The van der Waals surface area contributed by atoms with Crippen molar-refractivity contribution in [1.82, 2.24) is 14.8 Å². The van der Waals surface area contributed by atoms with Crippen molar-refractivity contribution in [2.24, 2.45) is 0 Å². The molecule has 0 radical (unpaired) electrons. The van der Waals surface area contributed by atoms with Gasteiger partial charge in [-0.3, -0.25) is 24.4 Å². The Morgan fingerprint density at radius 1 is 0.808 bits per heavy atom. The average molecular weight is 357 g/mol. The maximum Gasteiger partial charge on any atom is 0.317 e. The molecule has 0 fully saturated rings. The molecule has 0 aliphatic rings. The second-order valence-corrected chi connectivity index (χ2v) is 6.06. The van der Waals surface area contributed by atoms with Gasteiger partial charge in [-0.25, -0.2) is 0 Å². The first-order valence-electron chi connectivity index (χ1n) is 8.34. The number of rotatable bonds is 11. The van der Waals surface area contributed by atoms with E-state index in [2.05, 4.69) is 4.98 Å². The first-order chi connectivity index (χ1) is 12.5. The molecule has 2 rings (SSSR count). The van der Waals surface area contributed by atoms with Crippen LogP contribution in [0.2, 0.25) is 0 Å². The molecule has 26 heavy (non-hydrogen) atoms. The van der Waals surface area contributed by atoms with E-state index in [1.54, 1.807) is 28.3 Å². The van der Waals surface area contributed by atoms with Crippen LogP contribution in [0.1, 0.15) is 11.1 Å². The van der Waals surface area contributed by atoms with Gasteiger partial charge in [0.2, 0.25) is 0 Å². The Hall–Kier alpha value is -2.77. The summed E-state index contributed by atoms with van der Waals surface area (Å²) in [5.74, 6) is -1.82. The van der Waals surface area contributed by atoms with Gasteiger partial charge in [-0.05, 0) is 17.2 Å². The van der Waals surface area contributed by atoms with Gasteiger partial charge in [0.05, 0.1) is 13.1 Å². The summed E-state index contributed by atoms with van der Waals surface area (Å²) in [5.41, 5.74) is 1.94. The van der Waals surface area contributed by atoms with Gasteiger partial charge in [0.1, 0.15) is 0 Å². The molecule has 138 valence electrons. The van der Waals surface area contributed by atoms with Gasteiger partial charge in [0, 0.05) is 38.6 Å². The van der Waals surface area contributed by atoms with E-state index in [1.165, 1.54) is 0 Å². The molecule has 1 aromatic carbocycles. The van der Waals surface area contributed by atoms with Crippen molar-refractivity contribution >= 4 is 11.9 Å². The molecule has 0 spiro atoms. The normalized spacial score (nSPS) is 11.0. The second kappa shape index (κ2) is 10.3. The third kappa shape index (κ3) is 7.42. The van der Waals surface area contributed by atoms with E-state index in [0.717, 1.165) is 11.1 Å².